The highest BCUT2D eigenvalue weighted by Crippen LogP contribution is 2.63. The summed E-state index contributed by atoms with van der Waals surface area (Å²) in [5, 5.41) is 8.92. The highest BCUT2D eigenvalue weighted by molar-refractivity contribution is 7.92. The van der Waals surface area contributed by atoms with Crippen molar-refractivity contribution in [2.24, 2.45) is 5.41 Å². The van der Waals surface area contributed by atoms with Gasteiger partial charge in [0, 0.05) is 13.0 Å². The number of hydrogen-bond donors (Lipinski definition) is 0. The van der Waals surface area contributed by atoms with Crippen molar-refractivity contribution in [1.29, 1.82) is 5.26 Å². The minimum atomic E-state index is -3.61. The molecule has 3 atom stereocenters. The first-order valence-electron chi connectivity index (χ1n) is 7.32. The van der Waals surface area contributed by atoms with Crippen molar-refractivity contribution in [1.82, 2.24) is 0 Å². The second kappa shape index (κ2) is 5.80. The average molecular weight is 327 g/mol. The molecule has 1 aliphatic rings. The zero-order chi connectivity index (χ0) is 16.5. The molecule has 3 unspecified atom stereocenters. The van der Waals surface area contributed by atoms with Crippen LogP contribution < -0.4 is 0 Å². The molecule has 2 aromatic carbocycles. The minimum Gasteiger partial charge on any atom is -0.383 e. The molecule has 0 heterocycles. The quantitative estimate of drug-likeness (QED) is 0.847. The molecule has 0 aliphatic heterocycles. The van der Waals surface area contributed by atoms with Gasteiger partial charge in [-0.15, -0.1) is 0 Å². The van der Waals surface area contributed by atoms with Gasteiger partial charge in [-0.3, -0.25) is 0 Å². The molecular weight excluding hydrogens is 310 g/mol. The lowest BCUT2D eigenvalue weighted by molar-refractivity contribution is 0.162. The van der Waals surface area contributed by atoms with Crippen molar-refractivity contribution in [3.8, 4) is 6.07 Å². The minimum absolute atomic E-state index is 0.0970. The molecule has 0 radical (unpaired) electrons. The molecule has 118 valence electrons. The van der Waals surface area contributed by atoms with Crippen LogP contribution >= 0.6 is 0 Å². The van der Waals surface area contributed by atoms with E-state index in [0.717, 1.165) is 5.56 Å². The third-order valence-corrected chi connectivity index (χ3v) is 6.70. The van der Waals surface area contributed by atoms with Crippen molar-refractivity contribution >= 4 is 9.84 Å². The molecule has 0 aromatic heterocycles. The molecule has 0 saturated heterocycles. The third kappa shape index (κ3) is 2.44. The monoisotopic (exact) mass is 327 g/mol. The fourth-order valence-corrected chi connectivity index (χ4v) is 5.66. The van der Waals surface area contributed by atoms with Crippen molar-refractivity contribution in [2.75, 3.05) is 13.7 Å². The van der Waals surface area contributed by atoms with E-state index in [1.54, 1.807) is 30.3 Å². The normalized spacial score (nSPS) is 26.4. The first-order chi connectivity index (χ1) is 11.1. The van der Waals surface area contributed by atoms with Crippen LogP contribution in [0, 0.1) is 16.7 Å². The van der Waals surface area contributed by atoms with Gasteiger partial charge in [-0.25, -0.2) is 8.42 Å². The van der Waals surface area contributed by atoms with Gasteiger partial charge in [-0.05, 0) is 17.7 Å². The van der Waals surface area contributed by atoms with Gasteiger partial charge < -0.3 is 4.74 Å². The SMILES string of the molecule is COCC1(C#N)C(c2ccccc2)C1S(=O)(=O)c1ccccc1. The van der Waals surface area contributed by atoms with Gasteiger partial charge in [-0.1, -0.05) is 48.5 Å². The predicted molar refractivity (Wildman–Crippen MR) is 86.5 cm³/mol. The van der Waals surface area contributed by atoms with E-state index in [-0.39, 0.29) is 17.4 Å². The van der Waals surface area contributed by atoms with Gasteiger partial charge in [0.15, 0.2) is 9.84 Å². The topological polar surface area (TPSA) is 67.2 Å². The van der Waals surface area contributed by atoms with Crippen molar-refractivity contribution in [3.63, 3.8) is 0 Å². The second-order valence-corrected chi connectivity index (χ2v) is 7.82. The molecule has 0 N–H and O–H groups in total. The fraction of sp³-hybridized carbons (Fsp3) is 0.278. The van der Waals surface area contributed by atoms with Gasteiger partial charge in [0.25, 0.3) is 0 Å². The molecule has 4 nitrogen and oxygen atoms in total. The van der Waals surface area contributed by atoms with Crippen LogP contribution in [-0.4, -0.2) is 27.4 Å². The first-order valence-corrected chi connectivity index (χ1v) is 8.86. The lowest BCUT2D eigenvalue weighted by atomic mass is 10.0. The molecule has 1 saturated carbocycles. The van der Waals surface area contributed by atoms with Crippen LogP contribution in [0.25, 0.3) is 0 Å². The van der Waals surface area contributed by atoms with E-state index in [0.29, 0.717) is 0 Å². The van der Waals surface area contributed by atoms with E-state index < -0.39 is 20.5 Å². The Morgan fingerprint density at radius 2 is 1.65 bits per heavy atom. The highest BCUT2D eigenvalue weighted by atomic mass is 32.2. The number of methoxy groups -OCH3 is 1. The summed E-state index contributed by atoms with van der Waals surface area (Å²) in [4.78, 5) is 0.249. The summed E-state index contributed by atoms with van der Waals surface area (Å²) in [6, 6.07) is 19.8. The van der Waals surface area contributed by atoms with Crippen LogP contribution in [-0.2, 0) is 14.6 Å². The van der Waals surface area contributed by atoms with Crippen molar-refractivity contribution in [3.05, 3.63) is 66.2 Å². The zero-order valence-electron chi connectivity index (χ0n) is 12.7. The van der Waals surface area contributed by atoms with Gasteiger partial charge in [0.1, 0.15) is 5.41 Å². The van der Waals surface area contributed by atoms with E-state index in [4.69, 9.17) is 4.74 Å². The van der Waals surface area contributed by atoms with E-state index in [2.05, 4.69) is 6.07 Å². The van der Waals surface area contributed by atoms with E-state index >= 15 is 0 Å². The summed E-state index contributed by atoms with van der Waals surface area (Å²) < 4.78 is 31.2. The third-order valence-electron chi connectivity index (χ3n) is 4.41. The highest BCUT2D eigenvalue weighted by Gasteiger charge is 2.72. The Kier molecular flexibility index (Phi) is 3.97. The van der Waals surface area contributed by atoms with Gasteiger partial charge in [-0.2, -0.15) is 5.26 Å². The van der Waals surface area contributed by atoms with Crippen molar-refractivity contribution < 1.29 is 13.2 Å². The Morgan fingerprint density at radius 1 is 1.09 bits per heavy atom. The molecule has 0 amide bonds. The van der Waals surface area contributed by atoms with E-state index in [1.165, 1.54) is 7.11 Å². The number of benzene rings is 2. The van der Waals surface area contributed by atoms with Crippen LogP contribution in [0.3, 0.4) is 0 Å². The average Bonchev–Trinajstić information content (AvgIpc) is 3.27. The van der Waals surface area contributed by atoms with Gasteiger partial charge in [0.2, 0.25) is 0 Å². The number of sulfone groups is 1. The second-order valence-electron chi connectivity index (χ2n) is 5.75. The van der Waals surface area contributed by atoms with Crippen LogP contribution in [0.4, 0.5) is 0 Å². The predicted octanol–water partition coefficient (Wildman–Crippen LogP) is 2.78. The molecule has 5 heteroatoms. The summed E-state index contributed by atoms with van der Waals surface area (Å²) in [7, 11) is -2.12. The number of hydrogen-bond acceptors (Lipinski definition) is 4. The Balaban J connectivity index is 2.08. The largest absolute Gasteiger partial charge is 0.383 e. The van der Waals surface area contributed by atoms with Crippen molar-refractivity contribution in [2.45, 2.75) is 16.1 Å². The van der Waals surface area contributed by atoms with E-state index in [9.17, 15) is 13.7 Å². The lowest BCUT2D eigenvalue weighted by Crippen LogP contribution is -2.19. The number of nitriles is 1. The standard InChI is InChI=1S/C18H17NO3S/c1-22-13-18(12-19)16(14-8-4-2-5-9-14)17(18)23(20,21)15-10-6-3-7-11-15/h2-11,16-17H,13H2,1H3. The number of ether oxygens (including phenoxy) is 1. The van der Waals surface area contributed by atoms with Gasteiger partial charge in [0.05, 0.1) is 22.8 Å². The first kappa shape index (κ1) is 15.7. The van der Waals surface area contributed by atoms with Crippen LogP contribution in [0.2, 0.25) is 0 Å². The Hall–Kier alpha value is -2.16. The van der Waals surface area contributed by atoms with E-state index in [1.807, 2.05) is 30.3 Å². The smallest absolute Gasteiger partial charge is 0.183 e. The summed E-state index contributed by atoms with van der Waals surface area (Å²) in [6.45, 7) is 0.0970. The molecule has 2 aromatic rings. The summed E-state index contributed by atoms with van der Waals surface area (Å²) in [6.07, 6.45) is 0. The maximum atomic E-state index is 13.0. The zero-order valence-corrected chi connectivity index (χ0v) is 13.5. The Bertz CT molecular complexity index is 828. The molecule has 0 bridgehead atoms. The fourth-order valence-electron chi connectivity index (χ4n) is 3.33. The Labute approximate surface area is 136 Å². The molecule has 1 aliphatic carbocycles. The molecule has 0 spiro atoms. The van der Waals surface area contributed by atoms with Gasteiger partial charge >= 0.3 is 0 Å². The van der Waals surface area contributed by atoms with Crippen LogP contribution in [0.5, 0.6) is 0 Å². The molecule has 3 rings (SSSR count). The maximum absolute atomic E-state index is 13.0. The summed E-state index contributed by atoms with van der Waals surface area (Å²) in [5.74, 6) is -0.376. The molecular formula is C18H17NO3S. The summed E-state index contributed by atoms with van der Waals surface area (Å²) in [5.41, 5.74) is -0.180. The number of rotatable bonds is 5. The number of nitrogens with zero attached hydrogens (tertiary/aromatic N) is 1. The van der Waals surface area contributed by atoms with Crippen LogP contribution in [0.15, 0.2) is 65.6 Å². The maximum Gasteiger partial charge on any atom is 0.183 e. The van der Waals surface area contributed by atoms with Crippen LogP contribution in [0.1, 0.15) is 11.5 Å². The molecule has 1 fully saturated rings. The lowest BCUT2D eigenvalue weighted by Gasteiger charge is -2.08. The Morgan fingerprint density at radius 3 is 2.17 bits per heavy atom. The molecule has 23 heavy (non-hydrogen) atoms. The summed E-state index contributed by atoms with van der Waals surface area (Å²) >= 11 is 0.